The van der Waals surface area contributed by atoms with Crippen molar-refractivity contribution >= 4 is 5.69 Å². The molecule has 0 aromatic carbocycles. The van der Waals surface area contributed by atoms with Gasteiger partial charge in [0.25, 0.3) is 0 Å². The molecule has 0 spiro atoms. The summed E-state index contributed by atoms with van der Waals surface area (Å²) in [6.07, 6.45) is 4.18. The highest BCUT2D eigenvalue weighted by atomic mass is 16.5. The van der Waals surface area contributed by atoms with Gasteiger partial charge in [0.1, 0.15) is 0 Å². The van der Waals surface area contributed by atoms with Crippen LogP contribution in [0.25, 0.3) is 0 Å². The van der Waals surface area contributed by atoms with E-state index in [0.717, 1.165) is 38.3 Å². The fourth-order valence-electron chi connectivity index (χ4n) is 2.02. The number of nitrogens with one attached hydrogen (secondary N) is 1. The van der Waals surface area contributed by atoms with Gasteiger partial charge < -0.3 is 10.1 Å². The molecule has 0 bridgehead atoms. The van der Waals surface area contributed by atoms with Crippen molar-refractivity contribution in [1.29, 1.82) is 0 Å². The highest BCUT2D eigenvalue weighted by molar-refractivity contribution is 5.45. The number of nitrogens with zero attached hydrogens (tertiary/aromatic N) is 2. The Hall–Kier alpha value is -1.03. The van der Waals surface area contributed by atoms with E-state index in [1.807, 2.05) is 17.9 Å². The molecule has 4 nitrogen and oxygen atoms in total. The summed E-state index contributed by atoms with van der Waals surface area (Å²) in [4.78, 5) is 0. The highest BCUT2D eigenvalue weighted by Crippen LogP contribution is 2.30. The predicted molar refractivity (Wildman–Crippen MR) is 64.6 cm³/mol. The number of rotatable bonds is 3. The Labute approximate surface area is 97.0 Å². The van der Waals surface area contributed by atoms with Crippen molar-refractivity contribution in [3.8, 4) is 0 Å². The van der Waals surface area contributed by atoms with Crippen LogP contribution in [0.15, 0.2) is 6.20 Å². The molecule has 90 valence electrons. The van der Waals surface area contributed by atoms with Crippen LogP contribution in [0.1, 0.15) is 25.5 Å². The van der Waals surface area contributed by atoms with Gasteiger partial charge in [0.15, 0.2) is 0 Å². The summed E-state index contributed by atoms with van der Waals surface area (Å²) >= 11 is 0. The molecule has 0 radical (unpaired) electrons. The van der Waals surface area contributed by atoms with Crippen molar-refractivity contribution in [2.45, 2.75) is 26.7 Å². The molecular formula is C12H21N3O. The first kappa shape index (κ1) is 11.5. The average molecular weight is 223 g/mol. The molecule has 16 heavy (non-hydrogen) atoms. The van der Waals surface area contributed by atoms with Crippen molar-refractivity contribution in [2.75, 3.05) is 25.1 Å². The third-order valence-electron chi connectivity index (χ3n) is 3.64. The molecule has 0 amide bonds. The second-order valence-corrected chi connectivity index (χ2v) is 5.04. The lowest BCUT2D eigenvalue weighted by Crippen LogP contribution is -2.33. The van der Waals surface area contributed by atoms with Crippen LogP contribution >= 0.6 is 0 Å². The summed E-state index contributed by atoms with van der Waals surface area (Å²) in [5.74, 6) is 0. The lowest BCUT2D eigenvalue weighted by Gasteiger charge is -2.33. The summed E-state index contributed by atoms with van der Waals surface area (Å²) in [6, 6.07) is 0. The van der Waals surface area contributed by atoms with E-state index >= 15 is 0 Å². The van der Waals surface area contributed by atoms with E-state index in [9.17, 15) is 0 Å². The lowest BCUT2D eigenvalue weighted by molar-refractivity contribution is 0.0300. The number of aromatic nitrogens is 2. The Kier molecular flexibility index (Phi) is 3.19. The summed E-state index contributed by atoms with van der Waals surface area (Å²) in [6.45, 7) is 7.20. The van der Waals surface area contributed by atoms with Gasteiger partial charge in [-0.05, 0) is 25.2 Å². The second-order valence-electron chi connectivity index (χ2n) is 5.04. The minimum atomic E-state index is 0.362. The third kappa shape index (κ3) is 2.38. The van der Waals surface area contributed by atoms with Gasteiger partial charge >= 0.3 is 0 Å². The van der Waals surface area contributed by atoms with E-state index in [-0.39, 0.29) is 0 Å². The number of anilines is 1. The molecule has 0 unspecified atom stereocenters. The van der Waals surface area contributed by atoms with E-state index in [1.54, 1.807) is 0 Å². The Morgan fingerprint density at radius 2 is 2.19 bits per heavy atom. The van der Waals surface area contributed by atoms with Crippen LogP contribution in [0, 0.1) is 12.3 Å². The molecule has 1 aromatic heterocycles. The van der Waals surface area contributed by atoms with Crippen molar-refractivity contribution in [2.24, 2.45) is 12.5 Å². The zero-order valence-electron chi connectivity index (χ0n) is 10.4. The molecule has 0 saturated carbocycles. The lowest BCUT2D eigenvalue weighted by atomic mass is 9.82. The average Bonchev–Trinajstić information content (AvgIpc) is 2.58. The van der Waals surface area contributed by atoms with Gasteiger partial charge in [0.2, 0.25) is 0 Å². The first-order valence-electron chi connectivity index (χ1n) is 5.91. The summed E-state index contributed by atoms with van der Waals surface area (Å²) < 4.78 is 7.30. The monoisotopic (exact) mass is 223 g/mol. The van der Waals surface area contributed by atoms with E-state index < -0.39 is 0 Å². The minimum absolute atomic E-state index is 0.362. The number of ether oxygens (including phenoxy) is 1. The van der Waals surface area contributed by atoms with Crippen molar-refractivity contribution in [3.05, 3.63) is 11.9 Å². The van der Waals surface area contributed by atoms with Gasteiger partial charge in [-0.15, -0.1) is 0 Å². The summed E-state index contributed by atoms with van der Waals surface area (Å²) in [5, 5.41) is 7.74. The molecular weight excluding hydrogens is 202 g/mol. The van der Waals surface area contributed by atoms with Crippen LogP contribution in [0.2, 0.25) is 0 Å². The molecule has 0 aliphatic carbocycles. The standard InChI is InChI=1S/C12H21N3O/c1-10-11(8-14-15(10)3)13-9-12(2)4-6-16-7-5-12/h8,13H,4-7,9H2,1-3H3. The maximum absolute atomic E-state index is 5.40. The zero-order valence-corrected chi connectivity index (χ0v) is 10.4. The normalized spacial score (nSPS) is 19.7. The van der Waals surface area contributed by atoms with E-state index in [4.69, 9.17) is 4.74 Å². The largest absolute Gasteiger partial charge is 0.382 e. The van der Waals surface area contributed by atoms with Crippen LogP contribution in [0.4, 0.5) is 5.69 Å². The maximum atomic E-state index is 5.40. The molecule has 1 aromatic rings. The molecule has 1 saturated heterocycles. The number of hydrogen-bond donors (Lipinski definition) is 1. The first-order chi connectivity index (χ1) is 7.61. The smallest absolute Gasteiger partial charge is 0.0756 e. The molecule has 1 aliphatic heterocycles. The van der Waals surface area contributed by atoms with Gasteiger partial charge in [-0.25, -0.2) is 0 Å². The van der Waals surface area contributed by atoms with Crippen molar-refractivity contribution < 1.29 is 4.74 Å². The topological polar surface area (TPSA) is 39.1 Å². The maximum Gasteiger partial charge on any atom is 0.0756 e. The second kappa shape index (κ2) is 4.45. The number of hydrogen-bond acceptors (Lipinski definition) is 3. The SMILES string of the molecule is Cc1c(NCC2(C)CCOCC2)cnn1C. The molecule has 4 heteroatoms. The zero-order chi connectivity index (χ0) is 11.6. The van der Waals surface area contributed by atoms with Gasteiger partial charge in [-0.3, -0.25) is 4.68 Å². The van der Waals surface area contributed by atoms with Gasteiger partial charge in [-0.1, -0.05) is 6.92 Å². The summed E-state index contributed by atoms with van der Waals surface area (Å²) in [7, 11) is 1.97. The van der Waals surface area contributed by atoms with E-state index in [1.165, 1.54) is 5.69 Å². The Morgan fingerprint density at radius 1 is 1.50 bits per heavy atom. The van der Waals surface area contributed by atoms with Gasteiger partial charge in [-0.2, -0.15) is 5.10 Å². The van der Waals surface area contributed by atoms with Crippen LogP contribution in [-0.2, 0) is 11.8 Å². The Bertz CT molecular complexity index is 353. The van der Waals surface area contributed by atoms with E-state index in [0.29, 0.717) is 5.41 Å². The van der Waals surface area contributed by atoms with Crippen LogP contribution in [0.5, 0.6) is 0 Å². The minimum Gasteiger partial charge on any atom is -0.382 e. The molecule has 1 N–H and O–H groups in total. The molecule has 2 rings (SSSR count). The van der Waals surface area contributed by atoms with Gasteiger partial charge in [0.05, 0.1) is 17.6 Å². The fourth-order valence-corrected chi connectivity index (χ4v) is 2.02. The Balaban J connectivity index is 1.93. The fraction of sp³-hybridized carbons (Fsp3) is 0.750. The molecule has 1 aliphatic rings. The Morgan fingerprint density at radius 3 is 2.75 bits per heavy atom. The third-order valence-corrected chi connectivity index (χ3v) is 3.64. The van der Waals surface area contributed by atoms with E-state index in [2.05, 4.69) is 24.3 Å². The molecule has 1 fully saturated rings. The molecule has 0 atom stereocenters. The molecule has 2 heterocycles. The van der Waals surface area contributed by atoms with Gasteiger partial charge in [0, 0.05) is 26.8 Å². The van der Waals surface area contributed by atoms with Crippen LogP contribution in [0.3, 0.4) is 0 Å². The number of aryl methyl sites for hydroxylation is 1. The predicted octanol–water partition coefficient (Wildman–Crippen LogP) is 1.96. The van der Waals surface area contributed by atoms with Crippen molar-refractivity contribution in [1.82, 2.24) is 9.78 Å². The highest BCUT2D eigenvalue weighted by Gasteiger charge is 2.27. The van der Waals surface area contributed by atoms with Crippen LogP contribution < -0.4 is 5.32 Å². The quantitative estimate of drug-likeness (QED) is 0.851. The van der Waals surface area contributed by atoms with Crippen molar-refractivity contribution in [3.63, 3.8) is 0 Å². The van der Waals surface area contributed by atoms with Crippen LogP contribution in [-0.4, -0.2) is 29.5 Å². The first-order valence-corrected chi connectivity index (χ1v) is 5.91. The summed E-state index contributed by atoms with van der Waals surface area (Å²) in [5.41, 5.74) is 2.70.